The molecule has 0 amide bonds. The second-order valence-corrected chi connectivity index (χ2v) is 6.30. The van der Waals surface area contributed by atoms with Crippen molar-refractivity contribution in [2.75, 3.05) is 20.1 Å². The van der Waals surface area contributed by atoms with Crippen molar-refractivity contribution in [2.24, 2.45) is 0 Å². The van der Waals surface area contributed by atoms with Crippen molar-refractivity contribution in [3.05, 3.63) is 35.4 Å². The van der Waals surface area contributed by atoms with Gasteiger partial charge in [0.1, 0.15) is 0 Å². The number of rotatable bonds is 9. The molecule has 1 aromatic rings. The molecule has 114 valence electrons. The van der Waals surface area contributed by atoms with E-state index < -0.39 is 0 Å². The first-order valence-corrected chi connectivity index (χ1v) is 8.03. The van der Waals surface area contributed by atoms with Gasteiger partial charge in [-0.2, -0.15) is 0 Å². The molecule has 0 radical (unpaired) electrons. The summed E-state index contributed by atoms with van der Waals surface area (Å²) < 4.78 is 0. The number of nitrogens with one attached hydrogen (secondary N) is 1. The zero-order valence-electron chi connectivity index (χ0n) is 13.9. The molecule has 2 nitrogen and oxygen atoms in total. The Morgan fingerprint density at radius 2 is 1.75 bits per heavy atom. The van der Waals surface area contributed by atoms with Crippen LogP contribution in [0.25, 0.3) is 0 Å². The van der Waals surface area contributed by atoms with E-state index in [2.05, 4.69) is 69.2 Å². The Morgan fingerprint density at radius 1 is 1.10 bits per heavy atom. The Morgan fingerprint density at radius 3 is 2.30 bits per heavy atom. The minimum Gasteiger partial charge on any atom is -0.314 e. The molecule has 1 atom stereocenters. The van der Waals surface area contributed by atoms with E-state index in [-0.39, 0.29) is 0 Å². The molecule has 0 aliphatic carbocycles. The quantitative estimate of drug-likeness (QED) is 0.733. The van der Waals surface area contributed by atoms with Crippen molar-refractivity contribution < 1.29 is 0 Å². The van der Waals surface area contributed by atoms with Crippen molar-refractivity contribution in [2.45, 2.75) is 59.0 Å². The molecule has 1 unspecified atom stereocenters. The largest absolute Gasteiger partial charge is 0.314 e. The van der Waals surface area contributed by atoms with E-state index in [4.69, 9.17) is 0 Å². The molecule has 0 aliphatic heterocycles. The molecule has 0 saturated heterocycles. The smallest absolute Gasteiger partial charge is 0.0230 e. The molecular weight excluding hydrogens is 244 g/mol. The normalized spacial score (nSPS) is 13.2. The van der Waals surface area contributed by atoms with E-state index in [1.54, 1.807) is 0 Å². The Hall–Kier alpha value is -0.860. The Kier molecular flexibility index (Phi) is 7.86. The number of nitrogens with zero attached hydrogens (tertiary/aromatic N) is 1. The van der Waals surface area contributed by atoms with Crippen molar-refractivity contribution in [1.82, 2.24) is 10.2 Å². The van der Waals surface area contributed by atoms with Crippen LogP contribution in [0.3, 0.4) is 0 Å². The summed E-state index contributed by atoms with van der Waals surface area (Å²) in [4.78, 5) is 2.41. The van der Waals surface area contributed by atoms with Crippen molar-refractivity contribution >= 4 is 0 Å². The van der Waals surface area contributed by atoms with Crippen molar-refractivity contribution in [3.63, 3.8) is 0 Å². The topological polar surface area (TPSA) is 15.3 Å². The number of unbranched alkanes of at least 4 members (excludes halogenated alkanes) is 1. The SMILES string of the molecule is CCCCN(C)Cc1ccc(C(C)CNC(C)C)cc1. The van der Waals surface area contributed by atoms with Crippen LogP contribution in [0.15, 0.2) is 24.3 Å². The van der Waals surface area contributed by atoms with E-state index in [1.165, 1.54) is 30.5 Å². The molecule has 0 bridgehead atoms. The molecule has 0 spiro atoms. The molecular formula is C18H32N2. The maximum absolute atomic E-state index is 3.51. The van der Waals surface area contributed by atoms with Crippen LogP contribution in [0, 0.1) is 0 Å². The highest BCUT2D eigenvalue weighted by Crippen LogP contribution is 2.16. The summed E-state index contributed by atoms with van der Waals surface area (Å²) in [5.41, 5.74) is 2.84. The minimum absolute atomic E-state index is 0.559. The first kappa shape index (κ1) is 17.2. The molecule has 1 N–H and O–H groups in total. The number of hydrogen-bond donors (Lipinski definition) is 1. The van der Waals surface area contributed by atoms with Gasteiger partial charge in [-0.3, -0.25) is 0 Å². The van der Waals surface area contributed by atoms with Crippen molar-refractivity contribution in [1.29, 1.82) is 0 Å². The molecule has 20 heavy (non-hydrogen) atoms. The van der Waals surface area contributed by atoms with Gasteiger partial charge < -0.3 is 10.2 Å². The van der Waals surface area contributed by atoms with Gasteiger partial charge in [-0.15, -0.1) is 0 Å². The Labute approximate surface area is 125 Å². The molecule has 0 heterocycles. The van der Waals surface area contributed by atoms with Gasteiger partial charge in [0.25, 0.3) is 0 Å². The van der Waals surface area contributed by atoms with E-state index in [0.29, 0.717) is 12.0 Å². The minimum atomic E-state index is 0.559. The fourth-order valence-electron chi connectivity index (χ4n) is 2.30. The first-order chi connectivity index (χ1) is 9.52. The summed E-state index contributed by atoms with van der Waals surface area (Å²) in [6, 6.07) is 9.70. The Balaban J connectivity index is 2.47. The van der Waals surface area contributed by atoms with Crippen LogP contribution in [0.2, 0.25) is 0 Å². The lowest BCUT2D eigenvalue weighted by molar-refractivity contribution is 0.321. The maximum atomic E-state index is 3.51. The predicted molar refractivity (Wildman–Crippen MR) is 89.2 cm³/mol. The van der Waals surface area contributed by atoms with E-state index in [0.717, 1.165) is 13.1 Å². The molecule has 1 rings (SSSR count). The average Bonchev–Trinajstić information content (AvgIpc) is 2.43. The molecule has 2 heteroatoms. The summed E-state index contributed by atoms with van der Waals surface area (Å²) in [5, 5.41) is 3.51. The zero-order valence-corrected chi connectivity index (χ0v) is 13.9. The van der Waals surface area contributed by atoms with Crippen LogP contribution in [-0.4, -0.2) is 31.1 Å². The third-order valence-corrected chi connectivity index (χ3v) is 3.73. The Bertz CT molecular complexity index is 356. The molecule has 1 aromatic carbocycles. The van der Waals surface area contributed by atoms with Crippen LogP contribution in [0.1, 0.15) is 57.6 Å². The van der Waals surface area contributed by atoms with Crippen LogP contribution < -0.4 is 5.32 Å². The highest BCUT2D eigenvalue weighted by Gasteiger charge is 2.06. The van der Waals surface area contributed by atoms with Gasteiger partial charge in [0, 0.05) is 19.1 Å². The highest BCUT2D eigenvalue weighted by atomic mass is 15.1. The van der Waals surface area contributed by atoms with Gasteiger partial charge in [0.2, 0.25) is 0 Å². The summed E-state index contributed by atoms with van der Waals surface area (Å²) in [7, 11) is 2.21. The summed E-state index contributed by atoms with van der Waals surface area (Å²) in [6.07, 6.45) is 2.55. The van der Waals surface area contributed by atoms with Gasteiger partial charge >= 0.3 is 0 Å². The van der Waals surface area contributed by atoms with Crippen molar-refractivity contribution in [3.8, 4) is 0 Å². The lowest BCUT2D eigenvalue weighted by Crippen LogP contribution is -2.27. The monoisotopic (exact) mass is 276 g/mol. The van der Waals surface area contributed by atoms with Crippen LogP contribution in [0.4, 0.5) is 0 Å². The highest BCUT2D eigenvalue weighted by molar-refractivity contribution is 5.25. The van der Waals surface area contributed by atoms with Gasteiger partial charge in [-0.05, 0) is 37.1 Å². The number of hydrogen-bond acceptors (Lipinski definition) is 2. The predicted octanol–water partition coefficient (Wildman–Crippen LogP) is 4.02. The molecule has 0 aliphatic rings. The second kappa shape index (κ2) is 9.15. The molecule has 0 aromatic heterocycles. The lowest BCUT2D eigenvalue weighted by atomic mass is 9.99. The molecule has 0 fully saturated rings. The molecule has 0 saturated carbocycles. The fraction of sp³-hybridized carbons (Fsp3) is 0.667. The fourth-order valence-corrected chi connectivity index (χ4v) is 2.30. The van der Waals surface area contributed by atoms with E-state index >= 15 is 0 Å². The maximum Gasteiger partial charge on any atom is 0.0230 e. The standard InChI is InChI=1S/C18H32N2/c1-6-7-12-20(5)14-17-8-10-18(11-9-17)16(4)13-19-15(2)3/h8-11,15-16,19H,6-7,12-14H2,1-5H3. The summed E-state index contributed by atoms with van der Waals surface area (Å²) >= 11 is 0. The van der Waals surface area contributed by atoms with Crippen LogP contribution in [0.5, 0.6) is 0 Å². The summed E-state index contributed by atoms with van der Waals surface area (Å²) in [5.74, 6) is 0.573. The van der Waals surface area contributed by atoms with Crippen LogP contribution in [-0.2, 0) is 6.54 Å². The van der Waals surface area contributed by atoms with Gasteiger partial charge in [-0.25, -0.2) is 0 Å². The zero-order chi connectivity index (χ0) is 15.0. The number of benzene rings is 1. The van der Waals surface area contributed by atoms with E-state index in [9.17, 15) is 0 Å². The third-order valence-electron chi connectivity index (χ3n) is 3.73. The lowest BCUT2D eigenvalue weighted by Gasteiger charge is -2.18. The van der Waals surface area contributed by atoms with Gasteiger partial charge in [0.15, 0.2) is 0 Å². The van der Waals surface area contributed by atoms with Gasteiger partial charge in [-0.1, -0.05) is 58.4 Å². The van der Waals surface area contributed by atoms with Gasteiger partial charge in [0.05, 0.1) is 0 Å². The average molecular weight is 276 g/mol. The third kappa shape index (κ3) is 6.53. The second-order valence-electron chi connectivity index (χ2n) is 6.30. The van der Waals surface area contributed by atoms with E-state index in [1.807, 2.05) is 0 Å². The summed E-state index contributed by atoms with van der Waals surface area (Å²) in [6.45, 7) is 12.2. The van der Waals surface area contributed by atoms with Crippen LogP contribution >= 0.6 is 0 Å². The first-order valence-electron chi connectivity index (χ1n) is 8.03.